The average molecular weight is 400 g/mol. The lowest BCUT2D eigenvalue weighted by Gasteiger charge is -2.34. The van der Waals surface area contributed by atoms with Crippen LogP contribution in [0.3, 0.4) is 0 Å². The number of ether oxygens (including phenoxy) is 2. The maximum Gasteiger partial charge on any atom is 0.303 e. The molecule has 0 unspecified atom stereocenters. The van der Waals surface area contributed by atoms with Crippen molar-refractivity contribution in [3.05, 3.63) is 18.2 Å². The summed E-state index contributed by atoms with van der Waals surface area (Å²) in [6, 6.07) is 4.50. The van der Waals surface area contributed by atoms with E-state index in [-0.39, 0.29) is 62.0 Å². The van der Waals surface area contributed by atoms with Gasteiger partial charge in [0.1, 0.15) is 16.4 Å². The Morgan fingerprint density at radius 1 is 1.07 bits per heavy atom. The van der Waals surface area contributed by atoms with Crippen LogP contribution in [-0.2, 0) is 19.6 Å². The quantitative estimate of drug-likeness (QED) is 0.686. The van der Waals surface area contributed by atoms with Crippen LogP contribution < -0.4 is 9.47 Å². The van der Waals surface area contributed by atoms with Crippen molar-refractivity contribution >= 4 is 21.9 Å². The van der Waals surface area contributed by atoms with Crippen LogP contribution in [0.5, 0.6) is 11.5 Å². The van der Waals surface area contributed by atoms with E-state index < -0.39 is 16.0 Å². The Hall–Kier alpha value is -2.33. The molecule has 2 rings (SSSR count). The summed E-state index contributed by atoms with van der Waals surface area (Å²) < 4.78 is 37.4. The van der Waals surface area contributed by atoms with E-state index in [0.717, 1.165) is 0 Å². The number of benzene rings is 1. The first-order valence-corrected chi connectivity index (χ1v) is 9.95. The van der Waals surface area contributed by atoms with Crippen molar-refractivity contribution in [1.29, 1.82) is 0 Å². The van der Waals surface area contributed by atoms with Gasteiger partial charge in [-0.2, -0.15) is 4.31 Å². The summed E-state index contributed by atoms with van der Waals surface area (Å²) in [5, 5.41) is 8.63. The second-order valence-corrected chi connectivity index (χ2v) is 7.96. The third kappa shape index (κ3) is 5.10. The molecule has 1 aliphatic rings. The predicted molar refractivity (Wildman–Crippen MR) is 96.4 cm³/mol. The maximum atomic E-state index is 12.9. The van der Waals surface area contributed by atoms with E-state index in [0.29, 0.717) is 5.75 Å². The number of sulfonamides is 1. The largest absolute Gasteiger partial charge is 0.497 e. The van der Waals surface area contributed by atoms with Crippen molar-refractivity contribution in [3.63, 3.8) is 0 Å². The fourth-order valence-corrected chi connectivity index (χ4v) is 4.41. The third-order valence-corrected chi connectivity index (χ3v) is 6.30. The Morgan fingerprint density at radius 3 is 2.30 bits per heavy atom. The molecular formula is C17H24N2O7S. The number of nitrogens with zero attached hydrogens (tertiary/aromatic N) is 2. The highest BCUT2D eigenvalue weighted by atomic mass is 32.2. The molecule has 1 aromatic rings. The van der Waals surface area contributed by atoms with Gasteiger partial charge in [-0.15, -0.1) is 0 Å². The number of aliphatic carboxylic acids is 1. The Kier molecular flexibility index (Phi) is 7.03. The van der Waals surface area contributed by atoms with Crippen molar-refractivity contribution in [2.24, 2.45) is 0 Å². The van der Waals surface area contributed by atoms with Crippen LogP contribution in [-0.4, -0.2) is 75.0 Å². The standard InChI is InChI=1S/C17H24N2O7S/c1-25-13-6-7-15(14(12-13)26-2)27(23,24)19-10-8-18(9-11-19)16(20)4-3-5-17(21)22/h6-7,12H,3-5,8-11H2,1-2H3,(H,21,22). The molecule has 1 aromatic carbocycles. The van der Waals surface area contributed by atoms with E-state index in [1.165, 1.54) is 30.7 Å². The number of rotatable bonds is 8. The fraction of sp³-hybridized carbons (Fsp3) is 0.529. The first kappa shape index (κ1) is 21.0. The van der Waals surface area contributed by atoms with Gasteiger partial charge < -0.3 is 19.5 Å². The van der Waals surface area contributed by atoms with Crippen molar-refractivity contribution in [2.45, 2.75) is 24.2 Å². The summed E-state index contributed by atoms with van der Waals surface area (Å²) in [5.74, 6) is -0.411. The van der Waals surface area contributed by atoms with Crippen LogP contribution in [0, 0.1) is 0 Å². The molecule has 1 saturated heterocycles. The number of hydrogen-bond acceptors (Lipinski definition) is 6. The number of methoxy groups -OCH3 is 2. The summed E-state index contributed by atoms with van der Waals surface area (Å²) in [4.78, 5) is 24.2. The summed E-state index contributed by atoms with van der Waals surface area (Å²) in [5.41, 5.74) is 0. The van der Waals surface area contributed by atoms with E-state index >= 15 is 0 Å². The van der Waals surface area contributed by atoms with Gasteiger partial charge in [0.15, 0.2) is 0 Å². The second kappa shape index (κ2) is 9.05. The summed E-state index contributed by atoms with van der Waals surface area (Å²) in [6.07, 6.45) is 0.360. The molecule has 9 nitrogen and oxygen atoms in total. The van der Waals surface area contributed by atoms with Gasteiger partial charge in [-0.1, -0.05) is 0 Å². The van der Waals surface area contributed by atoms with E-state index in [2.05, 4.69) is 0 Å². The molecule has 1 aliphatic heterocycles. The number of amides is 1. The lowest BCUT2D eigenvalue weighted by Crippen LogP contribution is -2.50. The monoisotopic (exact) mass is 400 g/mol. The molecule has 1 amide bonds. The number of carbonyl (C=O) groups excluding carboxylic acids is 1. The Bertz CT molecular complexity index is 786. The van der Waals surface area contributed by atoms with E-state index in [9.17, 15) is 18.0 Å². The smallest absolute Gasteiger partial charge is 0.303 e. The van der Waals surface area contributed by atoms with Gasteiger partial charge in [0.2, 0.25) is 15.9 Å². The van der Waals surface area contributed by atoms with E-state index in [1.807, 2.05) is 0 Å². The predicted octanol–water partition coefficient (Wildman–Crippen LogP) is 0.792. The molecule has 27 heavy (non-hydrogen) atoms. The van der Waals surface area contributed by atoms with Crippen LogP contribution in [0.4, 0.5) is 0 Å². The minimum Gasteiger partial charge on any atom is -0.497 e. The summed E-state index contributed by atoms with van der Waals surface area (Å²) >= 11 is 0. The van der Waals surface area contributed by atoms with E-state index in [1.54, 1.807) is 11.0 Å². The highest BCUT2D eigenvalue weighted by molar-refractivity contribution is 7.89. The number of hydrogen-bond donors (Lipinski definition) is 1. The molecule has 1 fully saturated rings. The molecule has 0 aliphatic carbocycles. The molecule has 1 N–H and O–H groups in total. The topological polar surface area (TPSA) is 113 Å². The highest BCUT2D eigenvalue weighted by Gasteiger charge is 2.32. The first-order chi connectivity index (χ1) is 12.8. The molecule has 0 bridgehead atoms. The lowest BCUT2D eigenvalue weighted by molar-refractivity contribution is -0.137. The SMILES string of the molecule is COc1ccc(S(=O)(=O)N2CCN(C(=O)CCCC(=O)O)CC2)c(OC)c1. The molecule has 150 valence electrons. The third-order valence-electron chi connectivity index (χ3n) is 4.36. The van der Waals surface area contributed by atoms with Gasteiger partial charge in [-0.25, -0.2) is 8.42 Å². The molecule has 0 spiro atoms. The zero-order chi connectivity index (χ0) is 20.0. The Morgan fingerprint density at radius 2 is 1.74 bits per heavy atom. The Labute approximate surface area is 158 Å². The van der Waals surface area contributed by atoms with Gasteiger partial charge in [0.25, 0.3) is 0 Å². The zero-order valence-electron chi connectivity index (χ0n) is 15.4. The Balaban J connectivity index is 2.02. The van der Waals surface area contributed by atoms with Gasteiger partial charge in [0.05, 0.1) is 14.2 Å². The number of piperazine rings is 1. The van der Waals surface area contributed by atoms with Crippen LogP contribution >= 0.6 is 0 Å². The van der Waals surface area contributed by atoms with Gasteiger partial charge in [0, 0.05) is 45.1 Å². The molecule has 0 atom stereocenters. The molecular weight excluding hydrogens is 376 g/mol. The highest BCUT2D eigenvalue weighted by Crippen LogP contribution is 2.31. The zero-order valence-corrected chi connectivity index (χ0v) is 16.2. The normalized spacial score (nSPS) is 15.4. The van der Waals surface area contributed by atoms with Crippen molar-refractivity contribution in [2.75, 3.05) is 40.4 Å². The molecule has 0 saturated carbocycles. The number of carboxylic acid groups (broad SMARTS) is 1. The number of carboxylic acids is 1. The van der Waals surface area contributed by atoms with Gasteiger partial charge >= 0.3 is 5.97 Å². The van der Waals surface area contributed by atoms with E-state index in [4.69, 9.17) is 14.6 Å². The van der Waals surface area contributed by atoms with Crippen molar-refractivity contribution < 1.29 is 32.6 Å². The minimum atomic E-state index is -3.77. The second-order valence-electron chi connectivity index (χ2n) is 6.05. The summed E-state index contributed by atoms with van der Waals surface area (Å²) in [7, 11) is -0.898. The van der Waals surface area contributed by atoms with Gasteiger partial charge in [-0.3, -0.25) is 9.59 Å². The molecule has 0 aromatic heterocycles. The minimum absolute atomic E-state index is 0.0482. The van der Waals surface area contributed by atoms with Crippen LogP contribution in [0.2, 0.25) is 0 Å². The average Bonchev–Trinajstić information content (AvgIpc) is 2.67. The maximum absolute atomic E-state index is 12.9. The van der Waals surface area contributed by atoms with Crippen LogP contribution in [0.15, 0.2) is 23.1 Å². The lowest BCUT2D eigenvalue weighted by atomic mass is 10.2. The van der Waals surface area contributed by atoms with Crippen LogP contribution in [0.25, 0.3) is 0 Å². The summed E-state index contributed by atoms with van der Waals surface area (Å²) in [6.45, 7) is 0.873. The van der Waals surface area contributed by atoms with Gasteiger partial charge in [-0.05, 0) is 18.6 Å². The molecule has 0 radical (unpaired) electrons. The molecule has 1 heterocycles. The fourth-order valence-electron chi connectivity index (χ4n) is 2.85. The molecule has 10 heteroatoms. The van der Waals surface area contributed by atoms with Crippen molar-refractivity contribution in [1.82, 2.24) is 9.21 Å². The van der Waals surface area contributed by atoms with Crippen LogP contribution in [0.1, 0.15) is 19.3 Å². The van der Waals surface area contributed by atoms with Crippen molar-refractivity contribution in [3.8, 4) is 11.5 Å². The first-order valence-electron chi connectivity index (χ1n) is 8.51. The number of carbonyl (C=O) groups is 2.